The summed E-state index contributed by atoms with van der Waals surface area (Å²) in [4.78, 5) is 61.2. The number of carbonyl (C=O) groups is 5. The van der Waals surface area contributed by atoms with Crippen LogP contribution in [0, 0.1) is 0 Å². The molecule has 1 amide bonds. The van der Waals surface area contributed by atoms with Crippen LogP contribution in [-0.4, -0.2) is 111 Å². The molecule has 0 aromatic heterocycles. The molecule has 3 aliphatic heterocycles. The van der Waals surface area contributed by atoms with Crippen LogP contribution in [0.1, 0.15) is 46.5 Å². The van der Waals surface area contributed by atoms with Crippen LogP contribution in [0.3, 0.4) is 0 Å². The normalized spacial score (nSPS) is 32.9. The Morgan fingerprint density at radius 3 is 2.06 bits per heavy atom. The number of carbonyl (C=O) groups excluding carboxylic acids is 5. The van der Waals surface area contributed by atoms with Crippen LogP contribution in [0.2, 0.25) is 0 Å². The largest absolute Gasteiger partial charge is 0.463 e. The molecular weight excluding hydrogens is 638 g/mol. The molecular formula is C32H41NO15. The molecule has 0 bridgehead atoms. The van der Waals surface area contributed by atoms with Gasteiger partial charge in [-0.05, 0) is 0 Å². The Morgan fingerprint density at radius 2 is 1.46 bits per heavy atom. The minimum atomic E-state index is -1.58. The summed E-state index contributed by atoms with van der Waals surface area (Å²) < 4.78 is 59.0. The molecule has 1 unspecified atom stereocenters. The fourth-order valence-corrected chi connectivity index (χ4v) is 5.66. The Bertz CT molecular complexity index is 1310. The summed E-state index contributed by atoms with van der Waals surface area (Å²) >= 11 is 0. The van der Waals surface area contributed by atoms with Crippen molar-refractivity contribution in [3.05, 3.63) is 48.6 Å². The molecule has 4 rings (SSSR count). The lowest BCUT2D eigenvalue weighted by Gasteiger charge is -2.51. The fraction of sp³-hybridized carbons (Fsp3) is 0.594. The molecule has 3 aliphatic rings. The van der Waals surface area contributed by atoms with Crippen molar-refractivity contribution >= 4 is 29.8 Å². The number of esters is 4. The van der Waals surface area contributed by atoms with E-state index in [2.05, 4.69) is 11.9 Å². The molecule has 0 radical (unpaired) electrons. The van der Waals surface area contributed by atoms with Crippen LogP contribution in [-0.2, 0) is 71.3 Å². The van der Waals surface area contributed by atoms with Crippen molar-refractivity contribution in [1.82, 2.24) is 5.32 Å². The van der Waals surface area contributed by atoms with Crippen LogP contribution in [0.25, 0.3) is 0 Å². The Hall–Kier alpha value is -3.93. The number of amides is 1. The lowest BCUT2D eigenvalue weighted by molar-refractivity contribution is -0.377. The highest BCUT2D eigenvalue weighted by Gasteiger charge is 2.57. The lowest BCUT2D eigenvalue weighted by atomic mass is 9.94. The van der Waals surface area contributed by atoms with Crippen molar-refractivity contribution in [2.45, 2.75) is 102 Å². The van der Waals surface area contributed by atoms with Crippen LogP contribution in [0.5, 0.6) is 0 Å². The van der Waals surface area contributed by atoms with Crippen molar-refractivity contribution in [2.24, 2.45) is 0 Å². The van der Waals surface area contributed by atoms with Crippen LogP contribution < -0.4 is 5.32 Å². The summed E-state index contributed by atoms with van der Waals surface area (Å²) in [5, 5.41) is 2.80. The molecule has 1 N–H and O–H groups in total. The predicted octanol–water partition coefficient (Wildman–Crippen LogP) is 1.00. The molecule has 0 spiro atoms. The maximum absolute atomic E-state index is 12.5. The summed E-state index contributed by atoms with van der Waals surface area (Å²) in [6, 6.07) is 8.04. The van der Waals surface area contributed by atoms with Gasteiger partial charge in [-0.15, -0.1) is 6.58 Å². The number of nitrogens with one attached hydrogen (secondary N) is 1. The van der Waals surface area contributed by atoms with E-state index in [-0.39, 0.29) is 13.2 Å². The van der Waals surface area contributed by atoms with E-state index < -0.39 is 104 Å². The van der Waals surface area contributed by atoms with Gasteiger partial charge in [-0.2, -0.15) is 0 Å². The van der Waals surface area contributed by atoms with Crippen LogP contribution in [0.15, 0.2) is 43.0 Å². The number of hydrogen-bond acceptors (Lipinski definition) is 15. The number of fused-ring (bicyclic) bond motifs is 1. The molecule has 0 saturated carbocycles. The molecule has 1 aromatic rings. The smallest absolute Gasteiger partial charge is 0.303 e. The molecule has 16 nitrogen and oxygen atoms in total. The van der Waals surface area contributed by atoms with Gasteiger partial charge in [0.05, 0.1) is 13.2 Å². The zero-order valence-electron chi connectivity index (χ0n) is 27.3. The quantitative estimate of drug-likeness (QED) is 0.187. The second kappa shape index (κ2) is 16.9. The number of hydrogen-bond donors (Lipinski definition) is 1. The summed E-state index contributed by atoms with van der Waals surface area (Å²) in [5.41, 5.74) is 0.697. The highest BCUT2D eigenvalue weighted by Crippen LogP contribution is 2.38. The SMILES string of the molecule is C=CCO[C@H]1O[C@@H]2COC(c3ccccc3)O[C@@H]2[C@H](O[C@@H]2O[C@H](COC(C)=O)[C@H](OC(C)=O)[C@H](OC(C)=O)[C@H]2OC(C)=O)[C@H]1NC(C)=O. The zero-order valence-corrected chi connectivity index (χ0v) is 27.3. The van der Waals surface area contributed by atoms with Crippen molar-refractivity contribution < 1.29 is 71.3 Å². The molecule has 16 heteroatoms. The standard InChI is InChI=1S/C32H41NO15/c1-7-13-39-31-24(33-16(2)34)27(25-23(45-31)15-41-30(47-25)21-11-9-8-10-12-21)48-32-29(44-20(6)38)28(43-19(5)37)26(42-18(4)36)22(46-32)14-40-17(3)35/h7-12,22-32H,1,13-15H2,2-6H3,(H,33,34)/t22-,23-,24-,25+,26+,27-,28+,29-,30?,31+,32+/m1/s1. The van der Waals surface area contributed by atoms with E-state index in [0.717, 1.165) is 27.7 Å². The molecule has 48 heavy (non-hydrogen) atoms. The lowest BCUT2D eigenvalue weighted by Crippen LogP contribution is -2.70. The second-order valence-corrected chi connectivity index (χ2v) is 11.2. The van der Waals surface area contributed by atoms with Gasteiger partial charge in [0.15, 0.2) is 37.2 Å². The molecule has 264 valence electrons. The molecule has 1 aromatic carbocycles. The van der Waals surface area contributed by atoms with E-state index in [1.165, 1.54) is 13.0 Å². The molecule has 11 atom stereocenters. The van der Waals surface area contributed by atoms with Gasteiger partial charge in [0, 0.05) is 40.2 Å². The highest BCUT2D eigenvalue weighted by molar-refractivity contribution is 5.73. The van der Waals surface area contributed by atoms with Crippen molar-refractivity contribution in [1.29, 1.82) is 0 Å². The fourth-order valence-electron chi connectivity index (χ4n) is 5.66. The van der Waals surface area contributed by atoms with Gasteiger partial charge in [-0.3, -0.25) is 24.0 Å². The number of benzene rings is 1. The topological polar surface area (TPSA) is 190 Å². The Kier molecular flexibility index (Phi) is 13.0. The summed E-state index contributed by atoms with van der Waals surface area (Å²) in [6.45, 7) is 9.08. The van der Waals surface area contributed by atoms with Crippen molar-refractivity contribution in [2.75, 3.05) is 19.8 Å². The van der Waals surface area contributed by atoms with E-state index in [9.17, 15) is 24.0 Å². The average Bonchev–Trinajstić information content (AvgIpc) is 3.02. The van der Waals surface area contributed by atoms with E-state index in [0.29, 0.717) is 5.56 Å². The van der Waals surface area contributed by atoms with Gasteiger partial charge in [-0.1, -0.05) is 36.4 Å². The minimum absolute atomic E-state index is 0.0312. The second-order valence-electron chi connectivity index (χ2n) is 11.2. The van der Waals surface area contributed by atoms with Gasteiger partial charge in [0.25, 0.3) is 0 Å². The maximum Gasteiger partial charge on any atom is 0.303 e. The third-order valence-electron chi connectivity index (χ3n) is 7.40. The first-order chi connectivity index (χ1) is 22.9. The third-order valence-corrected chi connectivity index (χ3v) is 7.40. The highest BCUT2D eigenvalue weighted by atomic mass is 16.8. The van der Waals surface area contributed by atoms with E-state index in [1.807, 2.05) is 30.3 Å². The number of ether oxygens (including phenoxy) is 10. The summed E-state index contributed by atoms with van der Waals surface area (Å²) in [7, 11) is 0. The first-order valence-corrected chi connectivity index (χ1v) is 15.3. The van der Waals surface area contributed by atoms with Gasteiger partial charge in [-0.25, -0.2) is 0 Å². The Balaban J connectivity index is 1.78. The van der Waals surface area contributed by atoms with E-state index >= 15 is 0 Å². The maximum atomic E-state index is 12.5. The minimum Gasteiger partial charge on any atom is -0.463 e. The Morgan fingerprint density at radius 1 is 0.812 bits per heavy atom. The van der Waals surface area contributed by atoms with Crippen molar-refractivity contribution in [3.8, 4) is 0 Å². The monoisotopic (exact) mass is 679 g/mol. The van der Waals surface area contributed by atoms with Gasteiger partial charge in [0.2, 0.25) is 5.91 Å². The predicted molar refractivity (Wildman–Crippen MR) is 159 cm³/mol. The first-order valence-electron chi connectivity index (χ1n) is 15.3. The van der Waals surface area contributed by atoms with E-state index in [1.54, 1.807) is 0 Å². The zero-order chi connectivity index (χ0) is 35.0. The van der Waals surface area contributed by atoms with E-state index in [4.69, 9.17) is 47.4 Å². The molecule has 3 heterocycles. The summed E-state index contributed by atoms with van der Waals surface area (Å²) in [5.74, 6) is -3.53. The van der Waals surface area contributed by atoms with Crippen molar-refractivity contribution in [3.63, 3.8) is 0 Å². The van der Waals surface area contributed by atoms with Gasteiger partial charge in [0.1, 0.15) is 37.1 Å². The summed E-state index contributed by atoms with van der Waals surface area (Å²) in [6.07, 6.45) is -10.6. The first kappa shape index (κ1) is 36.9. The third kappa shape index (κ3) is 9.58. The van der Waals surface area contributed by atoms with Gasteiger partial charge >= 0.3 is 23.9 Å². The van der Waals surface area contributed by atoms with Gasteiger partial charge < -0.3 is 52.7 Å². The Labute approximate surface area is 277 Å². The molecule has 0 aliphatic carbocycles. The average molecular weight is 680 g/mol. The van der Waals surface area contributed by atoms with Crippen LogP contribution in [0.4, 0.5) is 0 Å². The number of rotatable bonds is 12. The molecule has 3 fully saturated rings. The van der Waals surface area contributed by atoms with Crippen LogP contribution >= 0.6 is 0 Å². The molecule has 3 saturated heterocycles.